The Morgan fingerprint density at radius 3 is 2.86 bits per heavy atom. The predicted octanol–water partition coefficient (Wildman–Crippen LogP) is 2.61. The third kappa shape index (κ3) is 2.64. The summed E-state index contributed by atoms with van der Waals surface area (Å²) in [5.74, 6) is 0.709. The van der Waals surface area contributed by atoms with Crippen molar-refractivity contribution in [2.45, 2.75) is 31.6 Å². The Bertz CT molecular complexity index is 533. The van der Waals surface area contributed by atoms with E-state index in [1.807, 2.05) is 25.1 Å². The second-order valence-electron chi connectivity index (χ2n) is 6.22. The molecule has 3 rings (SSSR count). The first-order valence-corrected chi connectivity index (χ1v) is 7.78. The molecular formula is C17H23NO3. The molecule has 0 N–H and O–H groups in total. The third-order valence-corrected chi connectivity index (χ3v) is 4.67. The molecule has 114 valence electrons. The number of rotatable bonds is 3. The van der Waals surface area contributed by atoms with Crippen LogP contribution in [0.5, 0.6) is 5.75 Å². The highest BCUT2D eigenvalue weighted by Gasteiger charge is 2.42. The van der Waals surface area contributed by atoms with Gasteiger partial charge in [0.15, 0.2) is 0 Å². The first-order valence-electron chi connectivity index (χ1n) is 7.78. The van der Waals surface area contributed by atoms with E-state index in [2.05, 4.69) is 11.9 Å². The molecule has 0 unspecified atom stereocenters. The Labute approximate surface area is 126 Å². The summed E-state index contributed by atoms with van der Waals surface area (Å²) in [4.78, 5) is 14.4. The highest BCUT2D eigenvalue weighted by Crippen LogP contribution is 2.45. The van der Waals surface area contributed by atoms with E-state index in [4.69, 9.17) is 9.47 Å². The lowest BCUT2D eigenvalue weighted by Gasteiger charge is -2.36. The summed E-state index contributed by atoms with van der Waals surface area (Å²) < 4.78 is 11.1. The zero-order valence-electron chi connectivity index (χ0n) is 12.9. The van der Waals surface area contributed by atoms with Crippen molar-refractivity contribution >= 4 is 5.97 Å². The van der Waals surface area contributed by atoms with Crippen LogP contribution in [0.4, 0.5) is 0 Å². The Balaban J connectivity index is 1.85. The van der Waals surface area contributed by atoms with Crippen LogP contribution >= 0.6 is 0 Å². The Morgan fingerprint density at radius 1 is 1.38 bits per heavy atom. The van der Waals surface area contributed by atoms with Crippen LogP contribution in [-0.2, 0) is 10.2 Å². The van der Waals surface area contributed by atoms with E-state index < -0.39 is 0 Å². The number of esters is 1. The van der Waals surface area contributed by atoms with Crippen molar-refractivity contribution in [2.24, 2.45) is 0 Å². The molecule has 0 atom stereocenters. The Kier molecular flexibility index (Phi) is 3.89. The van der Waals surface area contributed by atoms with E-state index in [1.165, 1.54) is 5.56 Å². The standard InChI is InChI=1S/C17H23NO3/c1-3-10-20-16(19)13-4-5-15-14(11-13)17(12-21-15)6-8-18(2)9-7-17/h4-5,11H,3,6-10,12H2,1-2H3. The van der Waals surface area contributed by atoms with Crippen molar-refractivity contribution < 1.29 is 14.3 Å². The molecule has 4 heteroatoms. The number of piperidine rings is 1. The lowest BCUT2D eigenvalue weighted by atomic mass is 9.74. The van der Waals surface area contributed by atoms with E-state index >= 15 is 0 Å². The minimum absolute atomic E-state index is 0.0862. The first kappa shape index (κ1) is 14.4. The van der Waals surface area contributed by atoms with Gasteiger partial charge < -0.3 is 14.4 Å². The van der Waals surface area contributed by atoms with E-state index in [0.29, 0.717) is 12.2 Å². The molecule has 0 aromatic heterocycles. The van der Waals surface area contributed by atoms with Gasteiger partial charge in [0.05, 0.1) is 18.8 Å². The van der Waals surface area contributed by atoms with Gasteiger partial charge in [-0.3, -0.25) is 0 Å². The summed E-state index contributed by atoms with van der Waals surface area (Å²) in [5, 5.41) is 0. The normalized spacial score (nSPS) is 20.1. The van der Waals surface area contributed by atoms with Gasteiger partial charge in [0.2, 0.25) is 0 Å². The van der Waals surface area contributed by atoms with Crippen LogP contribution in [-0.4, -0.2) is 44.2 Å². The van der Waals surface area contributed by atoms with Crippen LogP contribution in [0.2, 0.25) is 0 Å². The number of hydrogen-bond acceptors (Lipinski definition) is 4. The van der Waals surface area contributed by atoms with Gasteiger partial charge in [-0.25, -0.2) is 4.79 Å². The van der Waals surface area contributed by atoms with Crippen molar-refractivity contribution in [2.75, 3.05) is 33.4 Å². The highest BCUT2D eigenvalue weighted by molar-refractivity contribution is 5.90. The molecule has 1 spiro atoms. The number of hydrogen-bond donors (Lipinski definition) is 0. The average molecular weight is 289 g/mol. The van der Waals surface area contributed by atoms with E-state index in [0.717, 1.165) is 44.7 Å². The molecule has 1 aromatic carbocycles. The molecule has 1 aromatic rings. The van der Waals surface area contributed by atoms with E-state index in [9.17, 15) is 4.79 Å². The summed E-state index contributed by atoms with van der Waals surface area (Å²) in [6, 6.07) is 5.72. The van der Waals surface area contributed by atoms with Crippen molar-refractivity contribution in [3.8, 4) is 5.75 Å². The van der Waals surface area contributed by atoms with Gasteiger partial charge in [-0.1, -0.05) is 6.92 Å². The molecule has 0 saturated carbocycles. The van der Waals surface area contributed by atoms with Crippen molar-refractivity contribution in [3.05, 3.63) is 29.3 Å². The molecule has 0 aliphatic carbocycles. The van der Waals surface area contributed by atoms with Crippen molar-refractivity contribution in [1.82, 2.24) is 4.90 Å². The Morgan fingerprint density at radius 2 is 2.14 bits per heavy atom. The molecule has 1 saturated heterocycles. The summed E-state index contributed by atoms with van der Waals surface area (Å²) >= 11 is 0. The molecule has 4 nitrogen and oxygen atoms in total. The maximum atomic E-state index is 12.1. The fraction of sp³-hybridized carbons (Fsp3) is 0.588. The number of carbonyl (C=O) groups excluding carboxylic acids is 1. The lowest BCUT2D eigenvalue weighted by Crippen LogP contribution is -2.41. The second kappa shape index (κ2) is 5.68. The van der Waals surface area contributed by atoms with E-state index in [-0.39, 0.29) is 11.4 Å². The molecule has 0 amide bonds. The van der Waals surface area contributed by atoms with Crippen LogP contribution in [0.15, 0.2) is 18.2 Å². The Hall–Kier alpha value is -1.55. The highest BCUT2D eigenvalue weighted by atomic mass is 16.5. The predicted molar refractivity (Wildman–Crippen MR) is 80.9 cm³/mol. The summed E-state index contributed by atoms with van der Waals surface area (Å²) in [6.07, 6.45) is 3.02. The fourth-order valence-corrected chi connectivity index (χ4v) is 3.23. The van der Waals surface area contributed by atoms with E-state index in [1.54, 1.807) is 0 Å². The lowest BCUT2D eigenvalue weighted by molar-refractivity contribution is 0.0505. The molecule has 2 aliphatic heterocycles. The van der Waals surface area contributed by atoms with Gasteiger partial charge in [0.1, 0.15) is 5.75 Å². The SMILES string of the molecule is CCCOC(=O)c1ccc2c(c1)C1(CCN(C)CC1)CO2. The minimum atomic E-state index is -0.227. The zero-order chi connectivity index (χ0) is 14.9. The number of benzene rings is 1. The third-order valence-electron chi connectivity index (χ3n) is 4.67. The molecule has 2 heterocycles. The summed E-state index contributed by atoms with van der Waals surface area (Å²) in [7, 11) is 2.15. The number of nitrogens with zero attached hydrogens (tertiary/aromatic N) is 1. The molecule has 0 bridgehead atoms. The zero-order valence-corrected chi connectivity index (χ0v) is 12.9. The quantitative estimate of drug-likeness (QED) is 0.802. The first-order chi connectivity index (χ1) is 10.1. The largest absolute Gasteiger partial charge is 0.492 e. The van der Waals surface area contributed by atoms with Gasteiger partial charge in [-0.2, -0.15) is 0 Å². The monoisotopic (exact) mass is 289 g/mol. The van der Waals surface area contributed by atoms with Gasteiger partial charge in [-0.05, 0) is 57.6 Å². The number of likely N-dealkylation sites (tertiary alicyclic amines) is 1. The van der Waals surface area contributed by atoms with Crippen LogP contribution in [0.3, 0.4) is 0 Å². The van der Waals surface area contributed by atoms with Gasteiger partial charge in [0, 0.05) is 11.0 Å². The number of ether oxygens (including phenoxy) is 2. The number of fused-ring (bicyclic) bond motifs is 2. The van der Waals surface area contributed by atoms with Crippen LogP contribution in [0.25, 0.3) is 0 Å². The topological polar surface area (TPSA) is 38.8 Å². The molecular weight excluding hydrogens is 266 g/mol. The maximum absolute atomic E-state index is 12.1. The molecule has 21 heavy (non-hydrogen) atoms. The summed E-state index contributed by atoms with van der Waals surface area (Å²) in [5.41, 5.74) is 1.93. The van der Waals surface area contributed by atoms with Gasteiger partial charge >= 0.3 is 5.97 Å². The van der Waals surface area contributed by atoms with Crippen LogP contribution in [0.1, 0.15) is 42.1 Å². The summed E-state index contributed by atoms with van der Waals surface area (Å²) in [6.45, 7) is 5.37. The number of carbonyl (C=O) groups is 1. The molecule has 2 aliphatic rings. The molecule has 1 fully saturated rings. The molecule has 0 radical (unpaired) electrons. The van der Waals surface area contributed by atoms with Crippen LogP contribution < -0.4 is 4.74 Å². The smallest absolute Gasteiger partial charge is 0.338 e. The van der Waals surface area contributed by atoms with Gasteiger partial charge in [0.25, 0.3) is 0 Å². The van der Waals surface area contributed by atoms with Gasteiger partial charge in [-0.15, -0.1) is 0 Å². The van der Waals surface area contributed by atoms with Crippen LogP contribution in [0, 0.1) is 0 Å². The maximum Gasteiger partial charge on any atom is 0.338 e. The average Bonchev–Trinajstić information content (AvgIpc) is 2.86. The fourth-order valence-electron chi connectivity index (χ4n) is 3.23. The minimum Gasteiger partial charge on any atom is -0.492 e. The second-order valence-corrected chi connectivity index (χ2v) is 6.22. The van der Waals surface area contributed by atoms with Crippen molar-refractivity contribution in [1.29, 1.82) is 0 Å². The van der Waals surface area contributed by atoms with Crippen molar-refractivity contribution in [3.63, 3.8) is 0 Å².